The van der Waals surface area contributed by atoms with Crippen molar-refractivity contribution in [2.24, 2.45) is 20.5 Å². The molecule has 4 aromatic rings. The van der Waals surface area contributed by atoms with Crippen LogP contribution in [0.1, 0.15) is 5.56 Å². The van der Waals surface area contributed by atoms with Crippen molar-refractivity contribution in [3.05, 3.63) is 60.2 Å². The Hall–Kier alpha value is -4.83. The van der Waals surface area contributed by atoms with E-state index in [2.05, 4.69) is 20.5 Å². The first-order chi connectivity index (χ1) is 20.5. The second kappa shape index (κ2) is 13.4. The summed E-state index contributed by atoms with van der Waals surface area (Å²) >= 11 is 0. The lowest BCUT2D eigenvalue weighted by atomic mass is 10.1. The first kappa shape index (κ1) is 31.1. The lowest BCUT2D eigenvalue weighted by Crippen LogP contribution is -2.02. The highest BCUT2D eigenvalue weighted by atomic mass is 32.2. The molecule has 0 spiro atoms. The molecule has 4 rings (SSSR count). The smallest absolute Gasteiger partial charge is 0.296 e. The fraction of sp³-hybridized carbons (Fsp3) is 0.214. The molecule has 14 nitrogen and oxygen atoms in total. The monoisotopic (exact) mass is 611 g/mol. The number of aliphatic hydroxyl groups excluding tert-OH is 2. The van der Waals surface area contributed by atoms with Crippen molar-refractivity contribution in [2.45, 2.75) is 11.8 Å². The van der Waals surface area contributed by atoms with Crippen LogP contribution in [-0.2, 0) is 10.1 Å². The SMILES string of the molecule is COc1cc(OCCO)ccc1N=Nc1cc(OCCO)c(N=Nc2c(S(=O)(=O)O)cc3cc(N)ccc3c2O)cc1C. The maximum atomic E-state index is 12.2. The zero-order valence-electron chi connectivity index (χ0n) is 23.1. The Bertz CT molecular complexity index is 1810. The van der Waals surface area contributed by atoms with Gasteiger partial charge in [0.05, 0.1) is 26.0 Å². The quantitative estimate of drug-likeness (QED) is 0.0794. The number of aromatic hydroxyl groups is 1. The number of aliphatic hydroxyl groups is 2. The van der Waals surface area contributed by atoms with Gasteiger partial charge in [0, 0.05) is 23.2 Å². The number of anilines is 1. The molecule has 0 bridgehead atoms. The van der Waals surface area contributed by atoms with Gasteiger partial charge in [-0.3, -0.25) is 4.55 Å². The van der Waals surface area contributed by atoms with E-state index in [1.54, 1.807) is 31.2 Å². The molecule has 226 valence electrons. The van der Waals surface area contributed by atoms with Gasteiger partial charge in [0.1, 0.15) is 52.4 Å². The van der Waals surface area contributed by atoms with Crippen molar-refractivity contribution >= 4 is 49.3 Å². The summed E-state index contributed by atoms with van der Waals surface area (Å²) in [4.78, 5) is -0.673. The highest BCUT2D eigenvalue weighted by molar-refractivity contribution is 7.86. The summed E-state index contributed by atoms with van der Waals surface area (Å²) in [6.45, 7) is 1.28. The number of benzene rings is 4. The molecule has 0 unspecified atom stereocenters. The third-order valence-electron chi connectivity index (χ3n) is 6.01. The van der Waals surface area contributed by atoms with E-state index in [1.807, 2.05) is 0 Å². The standard InChI is InChI=1S/C28H29N5O9S/c1-16-11-23(32-33-27-26(43(37,38)39)13-17-12-18(29)3-5-20(17)28(27)36)25(42-10-8-35)15-22(16)31-30-21-6-4-19(41-9-7-34)14-24(21)40-2/h3-6,11-15,34-36H,7-10,29H2,1-2H3,(H,37,38,39). The fourth-order valence-electron chi connectivity index (χ4n) is 3.99. The van der Waals surface area contributed by atoms with Crippen LogP contribution in [0.5, 0.6) is 23.0 Å². The van der Waals surface area contributed by atoms with Crippen LogP contribution in [0.4, 0.5) is 28.4 Å². The third kappa shape index (κ3) is 7.34. The number of azo groups is 2. The highest BCUT2D eigenvalue weighted by Crippen LogP contribution is 2.43. The minimum absolute atomic E-state index is 0.107. The van der Waals surface area contributed by atoms with Gasteiger partial charge in [-0.15, -0.1) is 15.3 Å². The van der Waals surface area contributed by atoms with E-state index in [1.165, 1.54) is 31.4 Å². The van der Waals surface area contributed by atoms with E-state index >= 15 is 0 Å². The van der Waals surface area contributed by atoms with E-state index in [9.17, 15) is 23.2 Å². The Morgan fingerprint density at radius 2 is 1.51 bits per heavy atom. The molecule has 0 aliphatic rings. The summed E-state index contributed by atoms with van der Waals surface area (Å²) in [7, 11) is -3.36. The number of hydrogen-bond donors (Lipinski definition) is 5. The minimum atomic E-state index is -4.83. The lowest BCUT2D eigenvalue weighted by molar-refractivity contribution is 0.201. The molecule has 0 amide bonds. The first-order valence-electron chi connectivity index (χ1n) is 12.7. The predicted octanol–water partition coefficient (Wildman–Crippen LogP) is 5.26. The van der Waals surface area contributed by atoms with Gasteiger partial charge in [-0.05, 0) is 60.3 Å². The molecule has 15 heteroatoms. The average molecular weight is 612 g/mol. The predicted molar refractivity (Wildman–Crippen MR) is 158 cm³/mol. The second-order valence-electron chi connectivity index (χ2n) is 9.01. The number of nitrogens with zero attached hydrogens (tertiary/aromatic N) is 4. The number of ether oxygens (including phenoxy) is 3. The zero-order chi connectivity index (χ0) is 31.1. The molecule has 0 saturated heterocycles. The van der Waals surface area contributed by atoms with E-state index in [0.29, 0.717) is 34.1 Å². The fourth-order valence-corrected chi connectivity index (χ4v) is 4.65. The van der Waals surface area contributed by atoms with Gasteiger partial charge in [0.25, 0.3) is 10.1 Å². The summed E-state index contributed by atoms with van der Waals surface area (Å²) in [5, 5.41) is 46.3. The summed E-state index contributed by atoms with van der Waals surface area (Å²) in [5.74, 6) is 0.454. The highest BCUT2D eigenvalue weighted by Gasteiger charge is 2.22. The van der Waals surface area contributed by atoms with Gasteiger partial charge < -0.3 is 35.3 Å². The van der Waals surface area contributed by atoms with Gasteiger partial charge >= 0.3 is 0 Å². The number of nitrogen functional groups attached to an aromatic ring is 1. The molecule has 0 heterocycles. The van der Waals surface area contributed by atoms with Crippen LogP contribution in [0.3, 0.4) is 0 Å². The Labute approximate surface area is 246 Å². The van der Waals surface area contributed by atoms with Crippen molar-refractivity contribution in [1.29, 1.82) is 0 Å². The van der Waals surface area contributed by atoms with E-state index in [-0.39, 0.29) is 48.6 Å². The number of hydrogen-bond acceptors (Lipinski definition) is 13. The summed E-state index contributed by atoms with van der Waals surface area (Å²) < 4.78 is 50.5. The minimum Gasteiger partial charge on any atom is -0.505 e. The number of phenols is 1. The second-order valence-corrected chi connectivity index (χ2v) is 10.4. The number of methoxy groups -OCH3 is 1. The number of aryl methyl sites for hydroxylation is 1. The molecule has 4 aromatic carbocycles. The molecule has 6 N–H and O–H groups in total. The van der Waals surface area contributed by atoms with Crippen LogP contribution in [0.15, 0.2) is 79.9 Å². The Kier molecular flexibility index (Phi) is 9.72. The van der Waals surface area contributed by atoms with Gasteiger partial charge in [0.15, 0.2) is 5.75 Å². The van der Waals surface area contributed by atoms with Crippen LogP contribution in [0, 0.1) is 6.92 Å². The van der Waals surface area contributed by atoms with Gasteiger partial charge in [-0.1, -0.05) is 0 Å². The Balaban J connectivity index is 1.75. The Morgan fingerprint density at radius 3 is 2.21 bits per heavy atom. The molecule has 0 fully saturated rings. The van der Waals surface area contributed by atoms with Crippen molar-refractivity contribution in [1.82, 2.24) is 0 Å². The number of nitrogens with two attached hydrogens (primary N) is 1. The molecule has 0 aliphatic carbocycles. The summed E-state index contributed by atoms with van der Waals surface area (Å²) in [6.07, 6.45) is 0. The van der Waals surface area contributed by atoms with Crippen molar-refractivity contribution in [2.75, 3.05) is 39.3 Å². The van der Waals surface area contributed by atoms with Crippen LogP contribution in [0.2, 0.25) is 0 Å². The lowest BCUT2D eigenvalue weighted by Gasteiger charge is -2.11. The Morgan fingerprint density at radius 1 is 0.814 bits per heavy atom. The van der Waals surface area contributed by atoms with Crippen LogP contribution < -0.4 is 19.9 Å². The maximum absolute atomic E-state index is 12.2. The first-order valence-corrected chi connectivity index (χ1v) is 14.2. The molecular weight excluding hydrogens is 582 g/mol. The van der Waals surface area contributed by atoms with Crippen LogP contribution >= 0.6 is 0 Å². The van der Waals surface area contributed by atoms with Gasteiger partial charge in [-0.25, -0.2) is 0 Å². The maximum Gasteiger partial charge on any atom is 0.296 e. The number of fused-ring (bicyclic) bond motifs is 1. The molecule has 0 radical (unpaired) electrons. The van der Waals surface area contributed by atoms with E-state index < -0.39 is 26.5 Å². The molecule has 43 heavy (non-hydrogen) atoms. The largest absolute Gasteiger partial charge is 0.505 e. The molecule has 0 atom stereocenters. The van der Waals surface area contributed by atoms with Gasteiger partial charge in [0.2, 0.25) is 0 Å². The topological polar surface area (TPSA) is 218 Å². The van der Waals surface area contributed by atoms with Crippen molar-refractivity contribution in [3.63, 3.8) is 0 Å². The molecule has 0 saturated carbocycles. The molecule has 0 aromatic heterocycles. The zero-order valence-corrected chi connectivity index (χ0v) is 23.9. The van der Waals surface area contributed by atoms with Gasteiger partial charge in [-0.2, -0.15) is 13.5 Å². The normalized spacial score (nSPS) is 11.9. The summed E-state index contributed by atoms with van der Waals surface area (Å²) in [5.41, 5.74) is 7.07. The average Bonchev–Trinajstić information content (AvgIpc) is 2.97. The van der Waals surface area contributed by atoms with E-state index in [4.69, 9.17) is 25.1 Å². The summed E-state index contributed by atoms with van der Waals surface area (Å²) in [6, 6.07) is 13.5. The number of rotatable bonds is 12. The van der Waals surface area contributed by atoms with E-state index in [0.717, 1.165) is 6.07 Å². The van der Waals surface area contributed by atoms with Crippen molar-refractivity contribution in [3.8, 4) is 23.0 Å². The van der Waals surface area contributed by atoms with Crippen LogP contribution in [-0.4, -0.2) is 61.8 Å². The van der Waals surface area contributed by atoms with Crippen molar-refractivity contribution < 1.29 is 42.5 Å². The third-order valence-corrected chi connectivity index (χ3v) is 6.88. The number of phenolic OH excluding ortho intramolecular Hbond substituents is 1. The molecular formula is C28H29N5O9S. The molecule has 0 aliphatic heterocycles. The van der Waals surface area contributed by atoms with Crippen LogP contribution in [0.25, 0.3) is 10.8 Å².